The molecule has 0 aromatic carbocycles. The number of pyridine rings is 1. The van der Waals surface area contributed by atoms with E-state index in [1.807, 2.05) is 18.3 Å². The molecule has 1 aromatic rings. The van der Waals surface area contributed by atoms with Gasteiger partial charge in [-0.15, -0.1) is 0 Å². The predicted octanol–water partition coefficient (Wildman–Crippen LogP) is 3.21. The third-order valence-corrected chi connectivity index (χ3v) is 2.55. The summed E-state index contributed by atoms with van der Waals surface area (Å²) in [5.74, 6) is 0.760. The minimum atomic E-state index is 0.559. The monoisotopic (exact) mass is 226 g/mol. The number of nitrogens with zero attached hydrogens (tertiary/aromatic N) is 2. The fourth-order valence-electron chi connectivity index (χ4n) is 1.37. The van der Waals surface area contributed by atoms with Crippen LogP contribution in [0.25, 0.3) is 0 Å². The van der Waals surface area contributed by atoms with Crippen LogP contribution in [-0.2, 0) is 6.54 Å². The number of hydrogen-bond acceptors (Lipinski definition) is 2. The lowest BCUT2D eigenvalue weighted by Gasteiger charge is -2.17. The van der Waals surface area contributed by atoms with E-state index in [4.69, 9.17) is 11.6 Å². The molecule has 0 amide bonds. The molecule has 0 saturated carbocycles. The van der Waals surface area contributed by atoms with Crippen molar-refractivity contribution in [2.45, 2.75) is 26.8 Å². The van der Waals surface area contributed by atoms with E-state index in [1.54, 1.807) is 0 Å². The average molecular weight is 227 g/mol. The Labute approximate surface area is 97.3 Å². The summed E-state index contributed by atoms with van der Waals surface area (Å²) < 4.78 is 0. The van der Waals surface area contributed by atoms with Crippen molar-refractivity contribution < 1.29 is 0 Å². The predicted molar refractivity (Wildman–Crippen MR) is 65.0 cm³/mol. The van der Waals surface area contributed by atoms with Gasteiger partial charge in [0.15, 0.2) is 0 Å². The first-order chi connectivity index (χ1) is 7.08. The van der Waals surface area contributed by atoms with Crippen molar-refractivity contribution in [1.82, 2.24) is 9.88 Å². The molecule has 0 N–H and O–H groups in total. The maximum Gasteiger partial charge on any atom is 0.129 e. The molecular weight excluding hydrogens is 208 g/mol. The van der Waals surface area contributed by atoms with Crippen LogP contribution in [0.15, 0.2) is 18.3 Å². The van der Waals surface area contributed by atoms with Crippen LogP contribution in [0.4, 0.5) is 0 Å². The molecule has 1 heterocycles. The summed E-state index contributed by atoms with van der Waals surface area (Å²) in [7, 11) is 2.14. The molecule has 3 heteroatoms. The third-order valence-electron chi connectivity index (χ3n) is 2.33. The van der Waals surface area contributed by atoms with Crippen molar-refractivity contribution in [3.05, 3.63) is 29.0 Å². The Morgan fingerprint density at radius 2 is 2.13 bits per heavy atom. The summed E-state index contributed by atoms with van der Waals surface area (Å²) >= 11 is 5.73. The average Bonchev–Trinajstić information content (AvgIpc) is 2.19. The van der Waals surface area contributed by atoms with Gasteiger partial charge < -0.3 is 4.90 Å². The third kappa shape index (κ3) is 5.14. The first-order valence-corrected chi connectivity index (χ1v) is 5.74. The summed E-state index contributed by atoms with van der Waals surface area (Å²) in [6, 6.07) is 3.87. The molecule has 0 bridgehead atoms. The molecule has 0 saturated heterocycles. The maximum atomic E-state index is 5.73. The Kier molecular flexibility index (Phi) is 5.06. The summed E-state index contributed by atoms with van der Waals surface area (Å²) in [6.45, 7) is 6.56. The van der Waals surface area contributed by atoms with Gasteiger partial charge in [0.05, 0.1) is 0 Å². The second-order valence-electron chi connectivity index (χ2n) is 4.41. The largest absolute Gasteiger partial charge is 0.302 e. The van der Waals surface area contributed by atoms with Crippen LogP contribution in [0.1, 0.15) is 25.8 Å². The van der Waals surface area contributed by atoms with Crippen molar-refractivity contribution in [3.8, 4) is 0 Å². The van der Waals surface area contributed by atoms with E-state index in [9.17, 15) is 0 Å². The number of halogens is 1. The van der Waals surface area contributed by atoms with Crippen molar-refractivity contribution in [3.63, 3.8) is 0 Å². The highest BCUT2D eigenvalue weighted by Crippen LogP contribution is 2.08. The van der Waals surface area contributed by atoms with Gasteiger partial charge >= 0.3 is 0 Å². The Hall–Kier alpha value is -0.600. The molecule has 0 unspecified atom stereocenters. The SMILES string of the molecule is CC(C)CCN(C)Cc1ccc(Cl)nc1. The maximum absolute atomic E-state index is 5.73. The molecule has 15 heavy (non-hydrogen) atoms. The Bertz CT molecular complexity index is 282. The molecular formula is C12H19ClN2. The number of hydrogen-bond donors (Lipinski definition) is 0. The Morgan fingerprint density at radius 3 is 2.67 bits per heavy atom. The van der Waals surface area contributed by atoms with Crippen molar-refractivity contribution in [1.29, 1.82) is 0 Å². The van der Waals surface area contributed by atoms with E-state index in [2.05, 4.69) is 30.8 Å². The Balaban J connectivity index is 2.37. The zero-order chi connectivity index (χ0) is 11.3. The van der Waals surface area contributed by atoms with E-state index < -0.39 is 0 Å². The molecule has 0 fully saturated rings. The topological polar surface area (TPSA) is 16.1 Å². The summed E-state index contributed by atoms with van der Waals surface area (Å²) in [4.78, 5) is 6.38. The smallest absolute Gasteiger partial charge is 0.129 e. The van der Waals surface area contributed by atoms with Crippen LogP contribution in [0, 0.1) is 5.92 Å². The van der Waals surface area contributed by atoms with Crippen molar-refractivity contribution in [2.24, 2.45) is 5.92 Å². The van der Waals surface area contributed by atoms with Crippen LogP contribution in [0.5, 0.6) is 0 Å². The molecule has 0 atom stereocenters. The normalized spacial score (nSPS) is 11.3. The van der Waals surface area contributed by atoms with Crippen LogP contribution in [-0.4, -0.2) is 23.5 Å². The lowest BCUT2D eigenvalue weighted by atomic mass is 10.1. The van der Waals surface area contributed by atoms with Crippen molar-refractivity contribution >= 4 is 11.6 Å². The fraction of sp³-hybridized carbons (Fsp3) is 0.583. The van der Waals surface area contributed by atoms with E-state index in [0.717, 1.165) is 19.0 Å². The van der Waals surface area contributed by atoms with Gasteiger partial charge in [-0.1, -0.05) is 31.5 Å². The van der Waals surface area contributed by atoms with Gasteiger partial charge in [0.25, 0.3) is 0 Å². The highest BCUT2D eigenvalue weighted by Gasteiger charge is 2.02. The van der Waals surface area contributed by atoms with Crippen molar-refractivity contribution in [2.75, 3.05) is 13.6 Å². The zero-order valence-corrected chi connectivity index (χ0v) is 10.5. The van der Waals surface area contributed by atoms with Crippen LogP contribution in [0.2, 0.25) is 5.15 Å². The van der Waals surface area contributed by atoms with Gasteiger partial charge in [-0.25, -0.2) is 4.98 Å². The molecule has 0 spiro atoms. The van der Waals surface area contributed by atoms with Gasteiger partial charge in [-0.2, -0.15) is 0 Å². The molecule has 0 aliphatic carbocycles. The molecule has 1 aromatic heterocycles. The second kappa shape index (κ2) is 6.09. The summed E-state index contributed by atoms with van der Waals surface area (Å²) in [5, 5.41) is 0.559. The number of aromatic nitrogens is 1. The lowest BCUT2D eigenvalue weighted by Crippen LogP contribution is -2.20. The Morgan fingerprint density at radius 1 is 1.40 bits per heavy atom. The highest BCUT2D eigenvalue weighted by molar-refractivity contribution is 6.29. The van der Waals surface area contributed by atoms with Crippen LogP contribution in [0.3, 0.4) is 0 Å². The first kappa shape index (κ1) is 12.5. The highest BCUT2D eigenvalue weighted by atomic mass is 35.5. The molecule has 2 nitrogen and oxygen atoms in total. The van der Waals surface area contributed by atoms with E-state index in [-0.39, 0.29) is 0 Å². The first-order valence-electron chi connectivity index (χ1n) is 5.37. The molecule has 0 radical (unpaired) electrons. The summed E-state index contributed by atoms with van der Waals surface area (Å²) in [5.41, 5.74) is 1.21. The molecule has 1 rings (SSSR count). The second-order valence-corrected chi connectivity index (χ2v) is 4.80. The van der Waals surface area contributed by atoms with E-state index >= 15 is 0 Å². The molecule has 84 valence electrons. The zero-order valence-electron chi connectivity index (χ0n) is 9.70. The summed E-state index contributed by atoms with van der Waals surface area (Å²) in [6.07, 6.45) is 3.08. The van der Waals surface area contributed by atoms with E-state index in [0.29, 0.717) is 5.15 Å². The van der Waals surface area contributed by atoms with Gasteiger partial charge in [-0.3, -0.25) is 0 Å². The van der Waals surface area contributed by atoms with Gasteiger partial charge in [0, 0.05) is 12.7 Å². The standard InChI is InChI=1S/C12H19ClN2/c1-10(2)6-7-15(3)9-11-4-5-12(13)14-8-11/h4-5,8,10H,6-7,9H2,1-3H3. The minimum absolute atomic E-state index is 0.559. The van der Waals surface area contributed by atoms with Gasteiger partial charge in [0.2, 0.25) is 0 Å². The molecule has 0 aliphatic heterocycles. The minimum Gasteiger partial charge on any atom is -0.302 e. The number of rotatable bonds is 5. The van der Waals surface area contributed by atoms with Gasteiger partial charge in [-0.05, 0) is 37.6 Å². The van der Waals surface area contributed by atoms with Crippen LogP contribution < -0.4 is 0 Å². The van der Waals surface area contributed by atoms with E-state index in [1.165, 1.54) is 12.0 Å². The van der Waals surface area contributed by atoms with Gasteiger partial charge in [0.1, 0.15) is 5.15 Å². The fourth-order valence-corrected chi connectivity index (χ4v) is 1.48. The van der Waals surface area contributed by atoms with Crippen LogP contribution >= 0.6 is 11.6 Å². The quantitative estimate of drug-likeness (QED) is 0.717. The molecule has 0 aliphatic rings. The lowest BCUT2D eigenvalue weighted by molar-refractivity contribution is 0.303.